The van der Waals surface area contributed by atoms with Gasteiger partial charge in [0.25, 0.3) is 5.92 Å². The predicted molar refractivity (Wildman–Crippen MR) is 25.9 cm³/mol. The maximum absolute atomic E-state index is 11.8. The molecular formula is C5H4F6. The van der Waals surface area contributed by atoms with E-state index in [-0.39, 0.29) is 0 Å². The highest BCUT2D eigenvalue weighted by Gasteiger charge is 2.32. The third-order valence-electron chi connectivity index (χ3n) is 0.814. The SMILES string of the molecule is FCC(F)(F)CC(F)=C(F)F. The summed E-state index contributed by atoms with van der Waals surface area (Å²) in [6.07, 6.45) is -4.72. The van der Waals surface area contributed by atoms with E-state index in [2.05, 4.69) is 0 Å². The van der Waals surface area contributed by atoms with E-state index >= 15 is 0 Å². The van der Waals surface area contributed by atoms with Gasteiger partial charge in [-0.05, 0) is 0 Å². The molecule has 6 heteroatoms. The van der Waals surface area contributed by atoms with Crippen LogP contribution in [0.4, 0.5) is 26.3 Å². The standard InChI is InChI=1S/C5H4F6/c6-2-5(10,11)1-3(7)4(8)9/h1-2H2. The number of hydrogen-bond donors (Lipinski definition) is 0. The van der Waals surface area contributed by atoms with E-state index in [4.69, 9.17) is 0 Å². The highest BCUT2D eigenvalue weighted by Crippen LogP contribution is 2.26. The fourth-order valence-electron chi connectivity index (χ4n) is 0.341. The minimum Gasteiger partial charge on any atom is -0.244 e. The van der Waals surface area contributed by atoms with Crippen molar-refractivity contribution >= 4 is 0 Å². The van der Waals surface area contributed by atoms with Gasteiger partial charge in [0.05, 0.1) is 6.42 Å². The van der Waals surface area contributed by atoms with Crippen LogP contribution >= 0.6 is 0 Å². The Bertz CT molecular complexity index is 156. The van der Waals surface area contributed by atoms with Crippen LogP contribution in [0.5, 0.6) is 0 Å². The Morgan fingerprint density at radius 3 is 1.82 bits per heavy atom. The number of rotatable bonds is 3. The van der Waals surface area contributed by atoms with Crippen LogP contribution in [0.25, 0.3) is 0 Å². The Labute approximate surface area is 58.5 Å². The Hall–Kier alpha value is -0.680. The maximum Gasteiger partial charge on any atom is 0.301 e. The molecule has 0 spiro atoms. The van der Waals surface area contributed by atoms with Gasteiger partial charge in [-0.2, -0.15) is 8.78 Å². The zero-order valence-electron chi connectivity index (χ0n) is 5.18. The lowest BCUT2D eigenvalue weighted by atomic mass is 10.2. The summed E-state index contributed by atoms with van der Waals surface area (Å²) in [5.74, 6) is -6.30. The van der Waals surface area contributed by atoms with Crippen molar-refractivity contribution in [2.24, 2.45) is 0 Å². The van der Waals surface area contributed by atoms with Gasteiger partial charge in [0, 0.05) is 0 Å². The third kappa shape index (κ3) is 3.90. The number of halogens is 6. The van der Waals surface area contributed by atoms with E-state index in [0.717, 1.165) is 0 Å². The Balaban J connectivity index is 4.15. The van der Waals surface area contributed by atoms with Gasteiger partial charge in [0.2, 0.25) is 0 Å². The second-order valence-corrected chi connectivity index (χ2v) is 1.83. The molecule has 0 aliphatic heterocycles. The van der Waals surface area contributed by atoms with Crippen LogP contribution < -0.4 is 0 Å². The van der Waals surface area contributed by atoms with E-state index in [1.807, 2.05) is 0 Å². The van der Waals surface area contributed by atoms with Crippen LogP contribution in [-0.2, 0) is 0 Å². The highest BCUT2D eigenvalue weighted by atomic mass is 19.3. The second kappa shape index (κ2) is 3.64. The average molecular weight is 178 g/mol. The lowest BCUT2D eigenvalue weighted by molar-refractivity contribution is -0.0271. The van der Waals surface area contributed by atoms with Gasteiger partial charge < -0.3 is 0 Å². The van der Waals surface area contributed by atoms with Crippen LogP contribution in [0.2, 0.25) is 0 Å². The largest absolute Gasteiger partial charge is 0.301 e. The van der Waals surface area contributed by atoms with Gasteiger partial charge in [-0.1, -0.05) is 0 Å². The molecule has 0 N–H and O–H groups in total. The third-order valence-corrected chi connectivity index (χ3v) is 0.814. The van der Waals surface area contributed by atoms with Gasteiger partial charge in [-0.25, -0.2) is 17.6 Å². The van der Waals surface area contributed by atoms with Crippen molar-refractivity contribution in [3.8, 4) is 0 Å². The first-order valence-corrected chi connectivity index (χ1v) is 2.52. The van der Waals surface area contributed by atoms with Gasteiger partial charge in [-0.15, -0.1) is 0 Å². The quantitative estimate of drug-likeness (QED) is 0.582. The smallest absolute Gasteiger partial charge is 0.244 e. The summed E-state index contributed by atoms with van der Waals surface area (Å²) in [5.41, 5.74) is 0. The molecule has 0 unspecified atom stereocenters. The summed E-state index contributed by atoms with van der Waals surface area (Å²) in [6.45, 7) is -2.15. The number of allylic oxidation sites excluding steroid dienone is 1. The normalized spacial score (nSPS) is 11.5. The van der Waals surface area contributed by atoms with E-state index in [0.29, 0.717) is 0 Å². The minimum atomic E-state index is -4.03. The molecule has 0 aliphatic carbocycles. The summed E-state index contributed by atoms with van der Waals surface area (Å²) < 4.78 is 68.8. The van der Waals surface area contributed by atoms with Gasteiger partial charge >= 0.3 is 6.08 Å². The molecule has 0 fully saturated rings. The molecule has 0 aliphatic rings. The van der Waals surface area contributed by atoms with Crippen LogP contribution in [0.1, 0.15) is 6.42 Å². The van der Waals surface area contributed by atoms with Crippen molar-refractivity contribution in [3.05, 3.63) is 11.9 Å². The molecule has 0 heterocycles. The van der Waals surface area contributed by atoms with E-state index in [9.17, 15) is 26.3 Å². The number of alkyl halides is 3. The van der Waals surface area contributed by atoms with Crippen LogP contribution in [0, 0.1) is 0 Å². The predicted octanol–water partition coefficient (Wildman–Crippen LogP) is 3.06. The molecule has 0 aromatic carbocycles. The van der Waals surface area contributed by atoms with Gasteiger partial charge in [0.15, 0.2) is 12.5 Å². The Morgan fingerprint density at radius 2 is 1.55 bits per heavy atom. The van der Waals surface area contributed by atoms with E-state index < -0.39 is 30.9 Å². The molecule has 66 valence electrons. The summed E-state index contributed by atoms with van der Waals surface area (Å²) in [4.78, 5) is 0. The molecule has 0 amide bonds. The van der Waals surface area contributed by atoms with Crippen molar-refractivity contribution in [1.29, 1.82) is 0 Å². The van der Waals surface area contributed by atoms with Crippen molar-refractivity contribution < 1.29 is 26.3 Å². The van der Waals surface area contributed by atoms with Crippen LogP contribution in [0.15, 0.2) is 11.9 Å². The first-order valence-electron chi connectivity index (χ1n) is 2.52. The van der Waals surface area contributed by atoms with Crippen molar-refractivity contribution in [2.45, 2.75) is 12.3 Å². The topological polar surface area (TPSA) is 0 Å². The van der Waals surface area contributed by atoms with Crippen LogP contribution in [0.3, 0.4) is 0 Å². The molecule has 0 atom stereocenters. The zero-order chi connectivity index (χ0) is 9.07. The summed E-state index contributed by atoms with van der Waals surface area (Å²) in [7, 11) is 0. The van der Waals surface area contributed by atoms with Gasteiger partial charge in [0.1, 0.15) is 0 Å². The lowest BCUT2D eigenvalue weighted by Gasteiger charge is -2.08. The molecule has 0 aromatic rings. The zero-order valence-corrected chi connectivity index (χ0v) is 5.18. The average Bonchev–Trinajstić information content (AvgIpc) is 1.87. The molecule has 11 heavy (non-hydrogen) atoms. The number of hydrogen-bond acceptors (Lipinski definition) is 0. The molecule has 0 rings (SSSR count). The minimum absolute atomic E-state index is 1.88. The lowest BCUT2D eigenvalue weighted by Crippen LogP contribution is -2.18. The van der Waals surface area contributed by atoms with Crippen molar-refractivity contribution in [3.63, 3.8) is 0 Å². The van der Waals surface area contributed by atoms with Crippen LogP contribution in [-0.4, -0.2) is 12.6 Å². The molecule has 0 nitrogen and oxygen atoms in total. The monoisotopic (exact) mass is 178 g/mol. The highest BCUT2D eigenvalue weighted by molar-refractivity contribution is 4.95. The molecule has 0 saturated carbocycles. The van der Waals surface area contributed by atoms with E-state index in [1.165, 1.54) is 0 Å². The molecule has 0 saturated heterocycles. The second-order valence-electron chi connectivity index (χ2n) is 1.83. The fourth-order valence-corrected chi connectivity index (χ4v) is 0.341. The first kappa shape index (κ1) is 10.3. The molecular weight excluding hydrogens is 174 g/mol. The van der Waals surface area contributed by atoms with E-state index in [1.54, 1.807) is 0 Å². The van der Waals surface area contributed by atoms with Crippen molar-refractivity contribution in [1.82, 2.24) is 0 Å². The summed E-state index contributed by atoms with van der Waals surface area (Å²) >= 11 is 0. The fraction of sp³-hybridized carbons (Fsp3) is 0.600. The summed E-state index contributed by atoms with van der Waals surface area (Å²) in [6, 6.07) is 0. The Morgan fingerprint density at radius 1 is 1.09 bits per heavy atom. The van der Waals surface area contributed by atoms with Crippen molar-refractivity contribution in [2.75, 3.05) is 6.67 Å². The first-order chi connectivity index (χ1) is 4.89. The Kier molecular flexibility index (Phi) is 3.41. The molecule has 0 aromatic heterocycles. The maximum atomic E-state index is 11.8. The molecule has 0 bridgehead atoms. The summed E-state index contributed by atoms with van der Waals surface area (Å²) in [5, 5.41) is 0. The molecule has 0 radical (unpaired) electrons. The van der Waals surface area contributed by atoms with Gasteiger partial charge in [-0.3, -0.25) is 0 Å².